The number of nitrogens with two attached hydrogens (primary N) is 1. The topological polar surface area (TPSA) is 111 Å². The Morgan fingerprint density at radius 3 is 2.25 bits per heavy atom. The Kier molecular flexibility index (Phi) is 9.30. The SMILES string of the molecule is Cc1cc(OC(=O)OC(C)(C)C)cc(C)c1C[C@H](N)C(=O)N[C@@H]1CCN(C(=O)C2CC2)c2ccc(Cc3ccc4ccccc4c3)cc21. The number of aryl methyl sites for hydroxylation is 2. The van der Waals surface area contributed by atoms with Gasteiger partial charge in [-0.05, 0) is 129 Å². The van der Waals surface area contributed by atoms with E-state index in [1.165, 1.54) is 16.3 Å². The highest BCUT2D eigenvalue weighted by Crippen LogP contribution is 2.40. The smallest absolute Gasteiger partial charge is 0.428 e. The lowest BCUT2D eigenvalue weighted by molar-refractivity contribution is -0.123. The number of fused-ring (bicyclic) bond motifs is 2. The van der Waals surface area contributed by atoms with Crippen LogP contribution < -0.4 is 20.7 Å². The number of anilines is 1. The minimum atomic E-state index is -0.796. The van der Waals surface area contributed by atoms with Gasteiger partial charge in [0.25, 0.3) is 0 Å². The van der Waals surface area contributed by atoms with Gasteiger partial charge in [0.1, 0.15) is 11.4 Å². The average Bonchev–Trinajstić information content (AvgIpc) is 3.87. The number of benzene rings is 4. The van der Waals surface area contributed by atoms with Crippen molar-refractivity contribution >= 4 is 34.4 Å². The van der Waals surface area contributed by atoms with Crippen LogP contribution in [0.2, 0.25) is 0 Å². The van der Waals surface area contributed by atoms with Crippen LogP contribution in [0.15, 0.2) is 72.8 Å². The summed E-state index contributed by atoms with van der Waals surface area (Å²) in [5.41, 5.74) is 12.7. The van der Waals surface area contributed by atoms with E-state index in [4.69, 9.17) is 15.2 Å². The molecule has 2 amide bonds. The van der Waals surface area contributed by atoms with E-state index in [1.807, 2.05) is 36.9 Å². The van der Waals surface area contributed by atoms with Crippen LogP contribution in [-0.4, -0.2) is 36.2 Å². The summed E-state index contributed by atoms with van der Waals surface area (Å²) >= 11 is 0. The Labute approximate surface area is 282 Å². The number of carbonyl (C=O) groups excluding carboxylic acids is 3. The van der Waals surface area contributed by atoms with Gasteiger partial charge in [-0.2, -0.15) is 0 Å². The van der Waals surface area contributed by atoms with Crippen LogP contribution in [0.1, 0.15) is 79.5 Å². The van der Waals surface area contributed by atoms with E-state index in [-0.39, 0.29) is 23.8 Å². The maximum atomic E-state index is 13.6. The number of amides is 2. The second kappa shape index (κ2) is 13.4. The summed E-state index contributed by atoms with van der Waals surface area (Å²) in [7, 11) is 0. The quantitative estimate of drug-likeness (QED) is 0.154. The summed E-state index contributed by atoms with van der Waals surface area (Å²) in [5, 5.41) is 5.63. The van der Waals surface area contributed by atoms with Crippen molar-refractivity contribution in [2.45, 2.75) is 84.4 Å². The highest BCUT2D eigenvalue weighted by atomic mass is 16.7. The Balaban J connectivity index is 1.19. The Bertz CT molecular complexity index is 1850. The first-order valence-electron chi connectivity index (χ1n) is 16.8. The van der Waals surface area contributed by atoms with Gasteiger partial charge in [-0.1, -0.05) is 54.6 Å². The van der Waals surface area contributed by atoms with Crippen LogP contribution in [-0.2, 0) is 27.2 Å². The molecule has 2 aliphatic rings. The number of hydrogen-bond acceptors (Lipinski definition) is 6. The number of carbonyl (C=O) groups is 3. The lowest BCUT2D eigenvalue weighted by atomic mass is 9.91. The molecule has 1 aliphatic carbocycles. The standard InChI is InChI=1S/C40H45N3O5/c1-24-18-31(47-39(46)48-40(3,4)5)19-25(2)32(24)23-34(41)37(44)42-35-16-17-43(38(45)29-13-14-29)36-15-11-27(22-33(35)36)20-26-10-12-28-8-6-7-9-30(28)21-26/h6-12,15,18-19,21-22,29,34-35H,13-14,16-17,20,23,41H2,1-5H3,(H,42,44)/t34-,35+/m0/s1. The first kappa shape index (κ1) is 33.2. The van der Waals surface area contributed by atoms with Gasteiger partial charge in [0.05, 0.1) is 12.1 Å². The first-order valence-corrected chi connectivity index (χ1v) is 16.8. The fourth-order valence-corrected chi connectivity index (χ4v) is 6.58. The van der Waals surface area contributed by atoms with Gasteiger partial charge in [-0.15, -0.1) is 0 Å². The molecule has 48 heavy (non-hydrogen) atoms. The van der Waals surface area contributed by atoms with Gasteiger partial charge in [0, 0.05) is 18.2 Å². The minimum Gasteiger partial charge on any atom is -0.428 e. The number of nitrogens with one attached hydrogen (secondary N) is 1. The molecular formula is C40H45N3O5. The fraction of sp³-hybridized carbons (Fsp3) is 0.375. The lowest BCUT2D eigenvalue weighted by Crippen LogP contribution is -2.47. The van der Waals surface area contributed by atoms with Crippen LogP contribution in [0.5, 0.6) is 5.75 Å². The van der Waals surface area contributed by atoms with Gasteiger partial charge in [-0.25, -0.2) is 4.79 Å². The van der Waals surface area contributed by atoms with E-state index in [0.717, 1.165) is 52.8 Å². The molecule has 4 aromatic carbocycles. The summed E-state index contributed by atoms with van der Waals surface area (Å²) in [5.74, 6) is 0.400. The van der Waals surface area contributed by atoms with Crippen LogP contribution in [0.25, 0.3) is 10.8 Å². The molecule has 1 heterocycles. The van der Waals surface area contributed by atoms with E-state index >= 15 is 0 Å². The maximum Gasteiger partial charge on any atom is 0.514 e. The second-order valence-corrected chi connectivity index (χ2v) is 14.3. The summed E-state index contributed by atoms with van der Waals surface area (Å²) in [4.78, 5) is 41.0. The molecule has 8 nitrogen and oxygen atoms in total. The molecular weight excluding hydrogens is 602 g/mol. The van der Waals surface area contributed by atoms with Crippen molar-refractivity contribution in [3.05, 3.63) is 106 Å². The zero-order valence-corrected chi connectivity index (χ0v) is 28.5. The molecule has 0 unspecified atom stereocenters. The van der Waals surface area contributed by atoms with Crippen molar-refractivity contribution in [3.8, 4) is 5.75 Å². The molecule has 1 aliphatic heterocycles. The fourth-order valence-electron chi connectivity index (χ4n) is 6.58. The summed E-state index contributed by atoms with van der Waals surface area (Å²) in [6, 6.07) is 23.6. The van der Waals surface area contributed by atoms with Crippen molar-refractivity contribution in [3.63, 3.8) is 0 Å². The first-order chi connectivity index (χ1) is 22.8. The predicted molar refractivity (Wildman–Crippen MR) is 188 cm³/mol. The van der Waals surface area contributed by atoms with E-state index in [0.29, 0.717) is 25.1 Å². The van der Waals surface area contributed by atoms with E-state index in [1.54, 1.807) is 32.9 Å². The van der Waals surface area contributed by atoms with Gasteiger partial charge in [-0.3, -0.25) is 9.59 Å². The molecule has 0 saturated heterocycles. The minimum absolute atomic E-state index is 0.0992. The largest absolute Gasteiger partial charge is 0.514 e. The Hall–Kier alpha value is -4.69. The monoisotopic (exact) mass is 647 g/mol. The summed E-state index contributed by atoms with van der Waals surface area (Å²) in [6.45, 7) is 9.70. The van der Waals surface area contributed by atoms with E-state index in [9.17, 15) is 14.4 Å². The lowest BCUT2D eigenvalue weighted by Gasteiger charge is -2.35. The van der Waals surface area contributed by atoms with E-state index < -0.39 is 17.8 Å². The third kappa shape index (κ3) is 7.71. The van der Waals surface area contributed by atoms with Crippen molar-refractivity contribution in [2.24, 2.45) is 11.7 Å². The van der Waals surface area contributed by atoms with Crippen molar-refractivity contribution in [1.82, 2.24) is 5.32 Å². The molecule has 1 saturated carbocycles. The van der Waals surface area contributed by atoms with Gasteiger partial charge in [0.15, 0.2) is 0 Å². The highest BCUT2D eigenvalue weighted by molar-refractivity contribution is 5.98. The average molecular weight is 648 g/mol. The summed E-state index contributed by atoms with van der Waals surface area (Å²) in [6.07, 6.45) is 2.78. The zero-order chi connectivity index (χ0) is 34.2. The Morgan fingerprint density at radius 2 is 1.56 bits per heavy atom. The molecule has 1 fully saturated rings. The third-order valence-electron chi connectivity index (χ3n) is 9.15. The van der Waals surface area contributed by atoms with Crippen molar-refractivity contribution in [1.29, 1.82) is 0 Å². The van der Waals surface area contributed by atoms with Crippen LogP contribution in [0.3, 0.4) is 0 Å². The number of ether oxygens (including phenoxy) is 2. The molecule has 2 atom stereocenters. The predicted octanol–water partition coefficient (Wildman–Crippen LogP) is 7.24. The van der Waals surface area contributed by atoms with Crippen LogP contribution in [0.4, 0.5) is 10.5 Å². The van der Waals surface area contributed by atoms with Crippen LogP contribution in [0, 0.1) is 19.8 Å². The molecule has 4 aromatic rings. The molecule has 250 valence electrons. The van der Waals surface area contributed by atoms with E-state index in [2.05, 4.69) is 47.8 Å². The van der Waals surface area contributed by atoms with Gasteiger partial charge in [0.2, 0.25) is 11.8 Å². The molecule has 3 N–H and O–H groups in total. The molecule has 0 spiro atoms. The molecule has 6 rings (SSSR count). The highest BCUT2D eigenvalue weighted by Gasteiger charge is 2.38. The second-order valence-electron chi connectivity index (χ2n) is 14.3. The number of rotatable bonds is 8. The van der Waals surface area contributed by atoms with Crippen molar-refractivity contribution in [2.75, 3.05) is 11.4 Å². The van der Waals surface area contributed by atoms with Crippen molar-refractivity contribution < 1.29 is 23.9 Å². The third-order valence-corrected chi connectivity index (χ3v) is 9.15. The summed E-state index contributed by atoms with van der Waals surface area (Å²) < 4.78 is 10.7. The molecule has 0 radical (unpaired) electrons. The van der Waals surface area contributed by atoms with Gasteiger partial charge < -0.3 is 25.4 Å². The molecule has 8 heteroatoms. The zero-order valence-electron chi connectivity index (χ0n) is 28.5. The normalized spacial score (nSPS) is 16.6. The van der Waals surface area contributed by atoms with Gasteiger partial charge >= 0.3 is 6.16 Å². The molecule has 0 bridgehead atoms. The number of nitrogens with zero attached hydrogens (tertiary/aromatic N) is 1. The maximum absolute atomic E-state index is 13.6. The van der Waals surface area contributed by atoms with Crippen LogP contribution >= 0.6 is 0 Å². The Morgan fingerprint density at radius 1 is 0.896 bits per heavy atom. The molecule has 0 aromatic heterocycles. The number of hydrogen-bond donors (Lipinski definition) is 2.